The zero-order valence-corrected chi connectivity index (χ0v) is 9.59. The fourth-order valence-electron chi connectivity index (χ4n) is 2.12. The van der Waals surface area contributed by atoms with E-state index in [1.807, 2.05) is 48.7 Å². The lowest BCUT2D eigenvalue weighted by atomic mass is 9.98. The van der Waals surface area contributed by atoms with Crippen molar-refractivity contribution in [3.63, 3.8) is 0 Å². The Morgan fingerprint density at radius 2 is 1.76 bits per heavy atom. The average molecular weight is 226 g/mol. The summed E-state index contributed by atoms with van der Waals surface area (Å²) in [5, 5.41) is 0. The fourth-order valence-corrected chi connectivity index (χ4v) is 2.12. The molecule has 0 aliphatic rings. The number of aromatic nitrogens is 4. The second kappa shape index (κ2) is 3.97. The van der Waals surface area contributed by atoms with Gasteiger partial charge in [0.05, 0.1) is 17.9 Å². The minimum absolute atomic E-state index is 0.140. The van der Waals surface area contributed by atoms with Gasteiger partial charge < -0.3 is 14.5 Å². The molecule has 0 spiro atoms. The lowest BCUT2D eigenvalue weighted by molar-refractivity contribution is 0.862. The first-order chi connectivity index (χ1) is 8.34. The van der Waals surface area contributed by atoms with E-state index in [9.17, 15) is 0 Å². The van der Waals surface area contributed by atoms with Crippen molar-refractivity contribution in [2.75, 3.05) is 0 Å². The lowest BCUT2D eigenvalue weighted by Crippen LogP contribution is -2.04. The van der Waals surface area contributed by atoms with Gasteiger partial charge in [0.2, 0.25) is 0 Å². The number of imidazole rings is 1. The third-order valence-corrected chi connectivity index (χ3v) is 2.89. The van der Waals surface area contributed by atoms with Gasteiger partial charge in [-0.05, 0) is 24.3 Å². The van der Waals surface area contributed by atoms with E-state index < -0.39 is 0 Å². The van der Waals surface area contributed by atoms with Gasteiger partial charge in [-0.15, -0.1) is 0 Å². The Kier molecular flexibility index (Phi) is 2.33. The number of rotatable bonds is 3. The summed E-state index contributed by atoms with van der Waals surface area (Å²) < 4.78 is 1.97. The van der Waals surface area contributed by atoms with Crippen LogP contribution in [0.15, 0.2) is 49.2 Å². The van der Waals surface area contributed by atoms with Crippen LogP contribution >= 0.6 is 0 Å². The predicted molar refractivity (Wildman–Crippen MR) is 65.7 cm³/mol. The SMILES string of the molecule is Cn1cnc(C(c2ccc[nH]2)c2ccc[nH]2)c1. The Bertz CT molecular complexity index is 541. The van der Waals surface area contributed by atoms with Gasteiger partial charge in [0.15, 0.2) is 0 Å². The third kappa shape index (κ3) is 1.78. The number of nitrogens with zero attached hydrogens (tertiary/aromatic N) is 2. The second-order valence-electron chi connectivity index (χ2n) is 4.15. The summed E-state index contributed by atoms with van der Waals surface area (Å²) in [4.78, 5) is 11.0. The van der Waals surface area contributed by atoms with E-state index in [2.05, 4.69) is 27.1 Å². The largest absolute Gasteiger partial charge is 0.364 e. The zero-order valence-electron chi connectivity index (χ0n) is 9.59. The van der Waals surface area contributed by atoms with E-state index in [0.29, 0.717) is 0 Å². The Morgan fingerprint density at radius 1 is 1.12 bits per heavy atom. The van der Waals surface area contributed by atoms with E-state index in [-0.39, 0.29) is 5.92 Å². The molecule has 0 fully saturated rings. The molecule has 17 heavy (non-hydrogen) atoms. The summed E-state index contributed by atoms with van der Waals surface area (Å²) in [7, 11) is 1.98. The van der Waals surface area contributed by atoms with E-state index in [4.69, 9.17) is 0 Å². The van der Waals surface area contributed by atoms with Crippen LogP contribution in [0.4, 0.5) is 0 Å². The number of aromatic amines is 2. The molecule has 0 aromatic carbocycles. The van der Waals surface area contributed by atoms with Crippen LogP contribution in [-0.2, 0) is 7.05 Å². The smallest absolute Gasteiger partial charge is 0.0947 e. The predicted octanol–water partition coefficient (Wildman–Crippen LogP) is 2.26. The summed E-state index contributed by atoms with van der Waals surface area (Å²) in [5.41, 5.74) is 3.33. The Hall–Kier alpha value is -2.23. The first-order valence-electron chi connectivity index (χ1n) is 5.59. The first-order valence-corrected chi connectivity index (χ1v) is 5.59. The normalized spacial score (nSPS) is 11.2. The van der Waals surface area contributed by atoms with Gasteiger partial charge in [-0.25, -0.2) is 4.98 Å². The van der Waals surface area contributed by atoms with Gasteiger partial charge in [-0.2, -0.15) is 0 Å². The van der Waals surface area contributed by atoms with Gasteiger partial charge in [-0.3, -0.25) is 0 Å². The van der Waals surface area contributed by atoms with Crippen molar-refractivity contribution in [3.8, 4) is 0 Å². The molecule has 0 saturated carbocycles. The van der Waals surface area contributed by atoms with Crippen LogP contribution in [0.1, 0.15) is 23.0 Å². The van der Waals surface area contributed by atoms with E-state index in [0.717, 1.165) is 17.1 Å². The van der Waals surface area contributed by atoms with Crippen molar-refractivity contribution in [1.82, 2.24) is 19.5 Å². The van der Waals surface area contributed by atoms with Crippen molar-refractivity contribution in [1.29, 1.82) is 0 Å². The molecular formula is C13H14N4. The minimum atomic E-state index is 0.140. The molecule has 3 rings (SSSR count). The summed E-state index contributed by atoms with van der Waals surface area (Å²) in [6.07, 6.45) is 7.75. The highest BCUT2D eigenvalue weighted by Crippen LogP contribution is 2.28. The van der Waals surface area contributed by atoms with Gasteiger partial charge in [0.25, 0.3) is 0 Å². The summed E-state index contributed by atoms with van der Waals surface area (Å²) in [6.45, 7) is 0. The molecule has 0 atom stereocenters. The molecule has 2 N–H and O–H groups in total. The van der Waals surface area contributed by atoms with Crippen LogP contribution in [0.5, 0.6) is 0 Å². The molecule has 3 heterocycles. The zero-order chi connectivity index (χ0) is 11.7. The van der Waals surface area contributed by atoms with Crippen molar-refractivity contribution >= 4 is 0 Å². The number of hydrogen-bond acceptors (Lipinski definition) is 1. The molecule has 0 unspecified atom stereocenters. The third-order valence-electron chi connectivity index (χ3n) is 2.89. The van der Waals surface area contributed by atoms with Gasteiger partial charge >= 0.3 is 0 Å². The highest BCUT2D eigenvalue weighted by Gasteiger charge is 2.20. The van der Waals surface area contributed by atoms with Crippen LogP contribution in [0.2, 0.25) is 0 Å². The van der Waals surface area contributed by atoms with Crippen molar-refractivity contribution in [3.05, 3.63) is 66.3 Å². The van der Waals surface area contributed by atoms with Gasteiger partial charge in [-0.1, -0.05) is 0 Å². The molecule has 0 amide bonds. The van der Waals surface area contributed by atoms with Crippen LogP contribution in [0.25, 0.3) is 0 Å². The molecule has 4 heteroatoms. The topological polar surface area (TPSA) is 49.4 Å². The molecule has 0 saturated heterocycles. The molecule has 3 aromatic heterocycles. The highest BCUT2D eigenvalue weighted by molar-refractivity contribution is 5.33. The Balaban J connectivity index is 2.09. The summed E-state index contributed by atoms with van der Waals surface area (Å²) >= 11 is 0. The van der Waals surface area contributed by atoms with Crippen molar-refractivity contribution in [2.24, 2.45) is 7.05 Å². The van der Waals surface area contributed by atoms with Gasteiger partial charge in [0, 0.05) is 37.0 Å². The maximum atomic E-state index is 4.45. The number of nitrogens with one attached hydrogen (secondary N) is 2. The van der Waals surface area contributed by atoms with E-state index in [1.165, 1.54) is 0 Å². The summed E-state index contributed by atoms with van der Waals surface area (Å²) in [6, 6.07) is 8.18. The standard InChI is InChI=1S/C13H14N4/c1-17-8-12(16-9-17)13(10-4-2-6-14-10)11-5-3-7-15-11/h2-9,13-15H,1H3. The number of H-pyrrole nitrogens is 2. The van der Waals surface area contributed by atoms with Gasteiger partial charge in [0.1, 0.15) is 0 Å². The molecule has 86 valence electrons. The van der Waals surface area contributed by atoms with Crippen LogP contribution in [0, 0.1) is 0 Å². The quantitative estimate of drug-likeness (QED) is 0.707. The Morgan fingerprint density at radius 3 is 2.18 bits per heavy atom. The molecule has 3 aromatic rings. The maximum absolute atomic E-state index is 4.45. The van der Waals surface area contributed by atoms with Crippen molar-refractivity contribution < 1.29 is 0 Å². The molecule has 0 aliphatic heterocycles. The van der Waals surface area contributed by atoms with Crippen LogP contribution in [0.3, 0.4) is 0 Å². The van der Waals surface area contributed by atoms with E-state index >= 15 is 0 Å². The second-order valence-corrected chi connectivity index (χ2v) is 4.15. The van der Waals surface area contributed by atoms with Crippen LogP contribution in [-0.4, -0.2) is 19.5 Å². The van der Waals surface area contributed by atoms with Crippen LogP contribution < -0.4 is 0 Å². The number of aryl methyl sites for hydroxylation is 1. The minimum Gasteiger partial charge on any atom is -0.364 e. The van der Waals surface area contributed by atoms with E-state index in [1.54, 1.807) is 0 Å². The molecule has 0 aliphatic carbocycles. The number of hydrogen-bond donors (Lipinski definition) is 2. The highest BCUT2D eigenvalue weighted by atomic mass is 15.0. The molecule has 0 radical (unpaired) electrons. The maximum Gasteiger partial charge on any atom is 0.0947 e. The molecule has 0 bridgehead atoms. The summed E-state index contributed by atoms with van der Waals surface area (Å²) in [5.74, 6) is 0.140. The molecule has 4 nitrogen and oxygen atoms in total. The fraction of sp³-hybridized carbons (Fsp3) is 0.154. The first kappa shape index (κ1) is 9.96. The average Bonchev–Trinajstić information content (AvgIpc) is 3.02. The lowest BCUT2D eigenvalue weighted by Gasteiger charge is -2.11. The Labute approximate surface area is 99.3 Å². The molecular weight excluding hydrogens is 212 g/mol. The van der Waals surface area contributed by atoms with Crippen molar-refractivity contribution in [2.45, 2.75) is 5.92 Å². The monoisotopic (exact) mass is 226 g/mol.